The van der Waals surface area contributed by atoms with Crippen molar-refractivity contribution in [3.05, 3.63) is 111 Å². The molecule has 0 aliphatic carbocycles. The van der Waals surface area contributed by atoms with Crippen molar-refractivity contribution < 1.29 is 67.0 Å². The van der Waals surface area contributed by atoms with Crippen LogP contribution in [0.4, 0.5) is 0 Å². The number of esters is 2. The van der Waals surface area contributed by atoms with E-state index in [0.717, 1.165) is 96.5 Å². The smallest absolute Gasteiger partial charge is 0.313 e. The van der Waals surface area contributed by atoms with Gasteiger partial charge in [0.25, 0.3) is 0 Å². The Labute approximate surface area is 460 Å². The first-order valence-electron chi connectivity index (χ1n) is 27.3. The summed E-state index contributed by atoms with van der Waals surface area (Å²) in [7, 11) is 0. The minimum atomic E-state index is -0.707. The van der Waals surface area contributed by atoms with Crippen LogP contribution < -0.4 is 0 Å². The van der Waals surface area contributed by atoms with Gasteiger partial charge in [0.05, 0.1) is 71.8 Å². The zero-order valence-electron chi connectivity index (χ0n) is 47.6. The van der Waals surface area contributed by atoms with Gasteiger partial charge in [-0.1, -0.05) is 186 Å². The Morgan fingerprint density at radius 3 is 1.34 bits per heavy atom. The lowest BCUT2D eigenvalue weighted by Crippen LogP contribution is -2.33. The number of ether oxygens (including phenoxy) is 8. The van der Waals surface area contributed by atoms with Crippen LogP contribution in [0.15, 0.2) is 111 Å². The van der Waals surface area contributed by atoms with Crippen LogP contribution >= 0.6 is 0 Å². The van der Waals surface area contributed by atoms with Crippen molar-refractivity contribution in [1.82, 2.24) is 0 Å². The first-order valence-corrected chi connectivity index (χ1v) is 27.3. The predicted molar refractivity (Wildman–Crippen MR) is 309 cm³/mol. The quantitative estimate of drug-likeness (QED) is 0.0291. The van der Waals surface area contributed by atoms with Crippen LogP contribution in [-0.2, 0) is 61.9 Å². The maximum absolute atomic E-state index is 11.3. The maximum Gasteiger partial charge on any atom is 0.313 e. The predicted octanol–water partition coefficient (Wildman–Crippen LogP) is 13.6. The lowest BCUT2D eigenvalue weighted by Gasteiger charge is -2.25. The monoisotopic (exact) mass is 1070 g/mol. The summed E-state index contributed by atoms with van der Waals surface area (Å²) in [6.45, 7) is 31.0. The topological polar surface area (TPSA) is 179 Å². The molecule has 3 fully saturated rings. The van der Waals surface area contributed by atoms with E-state index in [4.69, 9.17) is 33.2 Å². The highest BCUT2D eigenvalue weighted by Gasteiger charge is 2.38. The van der Waals surface area contributed by atoms with Gasteiger partial charge in [-0.25, -0.2) is 0 Å². The Bertz CT molecular complexity index is 1640. The lowest BCUT2D eigenvalue weighted by atomic mass is 10.1. The minimum Gasteiger partial charge on any atom is -0.466 e. The zero-order chi connectivity index (χ0) is 56.7. The van der Waals surface area contributed by atoms with Gasteiger partial charge in [0.15, 0.2) is 17.4 Å². The van der Waals surface area contributed by atoms with E-state index in [-0.39, 0.29) is 43.9 Å². The normalized spacial score (nSPS) is 16.1. The summed E-state index contributed by atoms with van der Waals surface area (Å²) in [5.41, 5.74) is 0. The van der Waals surface area contributed by atoms with Crippen LogP contribution in [0.2, 0.25) is 0 Å². The molecule has 3 saturated heterocycles. The molecule has 1 unspecified atom stereocenters. The summed E-state index contributed by atoms with van der Waals surface area (Å²) in [5.74, 6) is -2.02. The molecule has 0 aromatic rings. The maximum atomic E-state index is 11.3. The number of hydrogen-bond donors (Lipinski definition) is 1. The molecule has 1 atom stereocenters. The van der Waals surface area contributed by atoms with Crippen LogP contribution in [0.1, 0.15) is 178 Å². The molecule has 0 aromatic heterocycles. The van der Waals surface area contributed by atoms with Crippen LogP contribution in [0.3, 0.4) is 0 Å². The zero-order valence-corrected chi connectivity index (χ0v) is 47.6. The first-order chi connectivity index (χ1) is 36.2. The van der Waals surface area contributed by atoms with E-state index >= 15 is 0 Å². The number of allylic oxidation sites excluding steroid dienone is 13. The average molecular weight is 1070 g/mol. The summed E-state index contributed by atoms with van der Waals surface area (Å²) in [4.78, 5) is 54.1. The molecule has 1 N–H and O–H groups in total. The van der Waals surface area contributed by atoms with Crippen LogP contribution in [-0.4, -0.2) is 111 Å². The van der Waals surface area contributed by atoms with E-state index in [1.807, 2.05) is 87.6 Å². The van der Waals surface area contributed by atoms with Crippen molar-refractivity contribution in [2.24, 2.45) is 0 Å². The lowest BCUT2D eigenvalue weighted by molar-refractivity contribution is -0.185. The number of rotatable bonds is 32. The summed E-state index contributed by atoms with van der Waals surface area (Å²) < 4.78 is 42.5. The molecule has 3 rings (SSSR count). The van der Waals surface area contributed by atoms with E-state index in [1.54, 1.807) is 32.1 Å². The van der Waals surface area contributed by atoms with Crippen molar-refractivity contribution in [2.75, 3.05) is 52.9 Å². The molecule has 0 saturated carbocycles. The SMILES string of the molecule is C.C=C/C=C/C=CCC(=O)CCC.C=C/C=C/C=CCC(O)CCC.C=C/C=C/C=CCC1(CCC)OCCO1.CCCC(=O)CC(=O)OCC.CCCC1(CC(=O)OCC)OCCO1.CCCC1(CC=O)OCCO1. The number of aliphatic hydroxyl groups is 1. The van der Waals surface area contributed by atoms with Crippen molar-refractivity contribution in [3.8, 4) is 0 Å². The highest BCUT2D eigenvalue weighted by Crippen LogP contribution is 2.30. The van der Waals surface area contributed by atoms with E-state index in [1.165, 1.54) is 0 Å². The number of hydrogen-bond acceptors (Lipinski definition) is 14. The summed E-state index contributed by atoms with van der Waals surface area (Å²) in [6.07, 6.45) is 41.9. The van der Waals surface area contributed by atoms with Gasteiger partial charge in [0.1, 0.15) is 24.3 Å². The van der Waals surface area contributed by atoms with Crippen LogP contribution in [0.25, 0.3) is 0 Å². The summed E-state index contributed by atoms with van der Waals surface area (Å²) in [5, 5.41) is 9.31. The second-order valence-electron chi connectivity index (χ2n) is 17.2. The van der Waals surface area contributed by atoms with Crippen molar-refractivity contribution in [3.63, 3.8) is 0 Å². The summed E-state index contributed by atoms with van der Waals surface area (Å²) >= 11 is 0. The van der Waals surface area contributed by atoms with E-state index < -0.39 is 17.5 Å². The number of carbonyl (C=O) groups is 5. The van der Waals surface area contributed by atoms with Crippen LogP contribution in [0, 0.1) is 0 Å². The molecule has 0 aromatic carbocycles. The van der Waals surface area contributed by atoms with Gasteiger partial charge in [-0.15, -0.1) is 0 Å². The standard InChI is InChI=1S/C13H20O2.C11H18O.C11H16O.C10H18O4.2C8H14O3.CH4/c1-3-5-6-7-8-10-13(9-4-2)14-11-12-15-13;2*1-3-5-6-7-8-10-11(12)9-4-2;1-3-5-10(13-6-7-14-10)8-9(11)12-4-2;1-2-3-8(4-5-9)10-6-7-11-8;1-3-5-7(9)6-8(10)11-4-2;/h3,5-8H,1,4,9-12H2,2H3;3,5-8,11-12H,1,4,9-10H2,2H3;3,5-8H,1,4,9-10H2,2H3;3-8H2,1-2H3;5H,2-4,6-7H2,1H3;3-6H2,1-2H3;1H4/b3*6-5+,8-7?;;;;. The molecule has 436 valence electrons. The molecule has 3 heterocycles. The Morgan fingerprint density at radius 2 is 0.921 bits per heavy atom. The molecule has 0 bridgehead atoms. The third-order valence-electron chi connectivity index (χ3n) is 10.4. The number of aldehydes is 1. The molecule has 0 spiro atoms. The van der Waals surface area contributed by atoms with Gasteiger partial charge in [0, 0.05) is 44.9 Å². The Balaban J connectivity index is -0.000000410. The molecule has 14 heteroatoms. The number of carbonyl (C=O) groups excluding carboxylic acids is 5. The van der Waals surface area contributed by atoms with Gasteiger partial charge in [-0.05, 0) is 39.5 Å². The van der Waals surface area contributed by atoms with E-state index in [0.29, 0.717) is 71.1 Å². The molecule has 3 aliphatic rings. The average Bonchev–Trinajstić information content (AvgIpc) is 4.16. The van der Waals surface area contributed by atoms with Gasteiger partial charge in [-0.2, -0.15) is 0 Å². The molecule has 0 amide bonds. The van der Waals surface area contributed by atoms with Gasteiger partial charge < -0.3 is 47.8 Å². The van der Waals surface area contributed by atoms with Crippen molar-refractivity contribution in [1.29, 1.82) is 0 Å². The Kier molecular flexibility index (Phi) is 56.4. The third kappa shape index (κ3) is 45.5. The highest BCUT2D eigenvalue weighted by atomic mass is 16.7. The van der Waals surface area contributed by atoms with Gasteiger partial charge >= 0.3 is 11.9 Å². The molecule has 76 heavy (non-hydrogen) atoms. The van der Waals surface area contributed by atoms with Gasteiger partial charge in [0.2, 0.25) is 0 Å². The second-order valence-corrected chi connectivity index (χ2v) is 17.2. The van der Waals surface area contributed by atoms with Crippen molar-refractivity contribution in [2.45, 2.75) is 202 Å². The minimum absolute atomic E-state index is 0. The number of aliphatic hydroxyl groups excluding tert-OH is 1. The molecule has 14 nitrogen and oxygen atoms in total. The molecular formula is C62H104O14. The Hall–Kier alpha value is -4.67. The number of Topliss-reactive ketones (excluding diaryl/α,β-unsaturated/α-hetero) is 2. The molecule has 3 aliphatic heterocycles. The van der Waals surface area contributed by atoms with Crippen LogP contribution in [0.5, 0.6) is 0 Å². The fourth-order valence-corrected chi connectivity index (χ4v) is 7.17. The second kappa shape index (κ2) is 55.1. The van der Waals surface area contributed by atoms with E-state index in [9.17, 15) is 29.1 Å². The third-order valence-corrected chi connectivity index (χ3v) is 10.4. The fourth-order valence-electron chi connectivity index (χ4n) is 7.17. The van der Waals surface area contributed by atoms with E-state index in [2.05, 4.69) is 51.3 Å². The fraction of sp³-hybridized carbons (Fsp3) is 0.629. The molecular weight excluding hydrogens is 969 g/mol. The Morgan fingerprint density at radius 1 is 0.513 bits per heavy atom. The largest absolute Gasteiger partial charge is 0.466 e. The highest BCUT2D eigenvalue weighted by molar-refractivity contribution is 5.95. The van der Waals surface area contributed by atoms with Gasteiger partial charge in [-0.3, -0.25) is 19.2 Å². The first kappa shape index (κ1) is 77.8. The molecule has 0 radical (unpaired) electrons. The number of ketones is 2. The summed E-state index contributed by atoms with van der Waals surface area (Å²) in [6, 6.07) is 0. The van der Waals surface area contributed by atoms with Crippen molar-refractivity contribution >= 4 is 29.8 Å².